The van der Waals surface area contributed by atoms with Crippen LogP contribution in [0.25, 0.3) is 5.69 Å². The Bertz CT molecular complexity index is 1080. The standard InChI is InChI=1S/C20H20Cl2N4OS3/c1-3-25(4-2)14-7-5-13(6-8-14)23-18(27)12-29-19-24-26(20(28)30-19)15-9-10-16(21)17(22)11-15/h5-11H,3-4,12H2,1-2H3,(H,23,27). The zero-order valence-corrected chi connectivity index (χ0v) is 20.4. The summed E-state index contributed by atoms with van der Waals surface area (Å²) in [5.41, 5.74) is 2.64. The summed E-state index contributed by atoms with van der Waals surface area (Å²) in [7, 11) is 0. The molecule has 0 unspecified atom stereocenters. The first-order valence-electron chi connectivity index (χ1n) is 9.24. The molecule has 1 amide bonds. The summed E-state index contributed by atoms with van der Waals surface area (Å²) in [6.45, 7) is 6.13. The molecule has 1 aromatic heterocycles. The van der Waals surface area contributed by atoms with Crippen molar-refractivity contribution in [3.63, 3.8) is 0 Å². The van der Waals surface area contributed by atoms with Crippen LogP contribution in [0.1, 0.15) is 13.8 Å². The van der Waals surface area contributed by atoms with Crippen LogP contribution in [0.5, 0.6) is 0 Å². The summed E-state index contributed by atoms with van der Waals surface area (Å²) in [5, 5.41) is 8.31. The molecule has 0 bridgehead atoms. The highest BCUT2D eigenvalue weighted by Crippen LogP contribution is 2.28. The molecular formula is C20H20Cl2N4OS3. The van der Waals surface area contributed by atoms with Crippen molar-refractivity contribution in [2.75, 3.05) is 29.1 Å². The topological polar surface area (TPSA) is 50.2 Å². The van der Waals surface area contributed by atoms with E-state index in [2.05, 4.69) is 29.2 Å². The predicted octanol–water partition coefficient (Wildman–Crippen LogP) is 6.55. The van der Waals surface area contributed by atoms with Gasteiger partial charge in [0.25, 0.3) is 0 Å². The molecule has 158 valence electrons. The molecule has 5 nitrogen and oxygen atoms in total. The molecule has 0 aliphatic rings. The van der Waals surface area contributed by atoms with Crippen molar-refractivity contribution in [1.82, 2.24) is 9.78 Å². The summed E-state index contributed by atoms with van der Waals surface area (Å²) < 4.78 is 2.90. The maximum absolute atomic E-state index is 12.3. The third-order valence-electron chi connectivity index (χ3n) is 4.28. The first kappa shape index (κ1) is 23.1. The average Bonchev–Trinajstić information content (AvgIpc) is 3.11. The second kappa shape index (κ2) is 10.6. The van der Waals surface area contributed by atoms with E-state index in [9.17, 15) is 4.79 Å². The van der Waals surface area contributed by atoms with Gasteiger partial charge in [0, 0.05) is 24.5 Å². The Morgan fingerprint density at radius 2 is 1.87 bits per heavy atom. The maximum Gasteiger partial charge on any atom is 0.234 e. The minimum atomic E-state index is -0.0993. The van der Waals surface area contributed by atoms with E-state index in [-0.39, 0.29) is 11.7 Å². The number of nitrogens with one attached hydrogen (secondary N) is 1. The molecule has 3 aromatic rings. The molecule has 0 spiro atoms. The summed E-state index contributed by atoms with van der Waals surface area (Å²) >= 11 is 20.1. The van der Waals surface area contributed by atoms with Gasteiger partial charge in [-0.3, -0.25) is 4.79 Å². The van der Waals surface area contributed by atoms with Crippen molar-refractivity contribution in [2.45, 2.75) is 18.2 Å². The van der Waals surface area contributed by atoms with Crippen molar-refractivity contribution >= 4 is 75.8 Å². The number of rotatable bonds is 8. The van der Waals surface area contributed by atoms with Crippen LogP contribution in [0.4, 0.5) is 11.4 Å². The van der Waals surface area contributed by atoms with Crippen LogP contribution in [-0.4, -0.2) is 34.5 Å². The second-order valence-corrected chi connectivity index (χ2v) is 9.86. The number of aromatic nitrogens is 2. The highest BCUT2D eigenvalue weighted by atomic mass is 35.5. The van der Waals surface area contributed by atoms with Gasteiger partial charge in [0.05, 0.1) is 21.5 Å². The molecule has 0 radical (unpaired) electrons. The van der Waals surface area contributed by atoms with Crippen LogP contribution in [0.15, 0.2) is 46.8 Å². The van der Waals surface area contributed by atoms with E-state index in [0.29, 0.717) is 18.3 Å². The number of anilines is 2. The van der Waals surface area contributed by atoms with Crippen molar-refractivity contribution in [1.29, 1.82) is 0 Å². The van der Waals surface area contributed by atoms with E-state index in [4.69, 9.17) is 35.4 Å². The Morgan fingerprint density at radius 1 is 1.17 bits per heavy atom. The summed E-state index contributed by atoms with van der Waals surface area (Å²) in [5.74, 6) is 0.138. The third-order valence-corrected chi connectivity index (χ3v) is 7.39. The van der Waals surface area contributed by atoms with E-state index in [1.165, 1.54) is 23.1 Å². The van der Waals surface area contributed by atoms with Gasteiger partial charge in [-0.25, -0.2) is 4.68 Å². The van der Waals surface area contributed by atoms with Gasteiger partial charge in [-0.2, -0.15) is 0 Å². The van der Waals surface area contributed by atoms with Crippen LogP contribution in [0.2, 0.25) is 10.0 Å². The van der Waals surface area contributed by atoms with Gasteiger partial charge in [-0.15, -0.1) is 5.10 Å². The molecule has 1 heterocycles. The van der Waals surface area contributed by atoms with E-state index in [0.717, 1.165) is 30.2 Å². The minimum Gasteiger partial charge on any atom is -0.372 e. The maximum atomic E-state index is 12.3. The molecule has 10 heteroatoms. The van der Waals surface area contributed by atoms with Crippen molar-refractivity contribution in [3.05, 3.63) is 56.5 Å². The Hall–Kier alpha value is -1.58. The Balaban J connectivity index is 1.60. The number of hydrogen-bond donors (Lipinski definition) is 1. The summed E-state index contributed by atoms with van der Waals surface area (Å²) in [6.07, 6.45) is 0. The molecule has 0 aliphatic carbocycles. The molecule has 0 aliphatic heterocycles. The normalized spacial score (nSPS) is 10.8. The average molecular weight is 500 g/mol. The zero-order valence-electron chi connectivity index (χ0n) is 16.4. The lowest BCUT2D eigenvalue weighted by Crippen LogP contribution is -2.21. The lowest BCUT2D eigenvalue weighted by Gasteiger charge is -2.21. The minimum absolute atomic E-state index is 0.0993. The van der Waals surface area contributed by atoms with E-state index in [1.54, 1.807) is 22.9 Å². The first-order valence-corrected chi connectivity index (χ1v) is 12.2. The lowest BCUT2D eigenvalue weighted by molar-refractivity contribution is -0.113. The quantitative estimate of drug-likeness (QED) is 0.282. The SMILES string of the molecule is CCN(CC)c1ccc(NC(=O)CSc2nn(-c3ccc(Cl)c(Cl)c3)c(=S)s2)cc1. The summed E-state index contributed by atoms with van der Waals surface area (Å²) in [4.78, 5) is 14.6. The lowest BCUT2D eigenvalue weighted by atomic mass is 10.2. The number of hydrogen-bond acceptors (Lipinski definition) is 6. The molecule has 0 saturated carbocycles. The Kier molecular flexibility index (Phi) is 8.19. The predicted molar refractivity (Wildman–Crippen MR) is 132 cm³/mol. The first-order chi connectivity index (χ1) is 14.4. The Labute approximate surface area is 199 Å². The fourth-order valence-electron chi connectivity index (χ4n) is 2.77. The summed E-state index contributed by atoms with van der Waals surface area (Å²) in [6, 6.07) is 13.1. The van der Waals surface area contributed by atoms with Crippen molar-refractivity contribution < 1.29 is 4.79 Å². The third kappa shape index (κ3) is 5.76. The van der Waals surface area contributed by atoms with Crippen molar-refractivity contribution in [2.24, 2.45) is 0 Å². The van der Waals surface area contributed by atoms with Gasteiger partial charge in [-0.05, 0) is 68.5 Å². The molecule has 0 fully saturated rings. The van der Waals surface area contributed by atoms with Gasteiger partial charge in [-0.1, -0.05) is 46.3 Å². The van der Waals surface area contributed by atoms with Crippen LogP contribution >= 0.6 is 58.5 Å². The van der Waals surface area contributed by atoms with Gasteiger partial charge in [0.1, 0.15) is 0 Å². The fraction of sp³-hybridized carbons (Fsp3) is 0.250. The molecule has 0 atom stereocenters. The molecule has 30 heavy (non-hydrogen) atoms. The fourth-order valence-corrected chi connectivity index (χ4v) is 5.22. The number of carbonyl (C=O) groups excluding carboxylic acids is 1. The second-order valence-electron chi connectivity index (χ2n) is 6.20. The highest BCUT2D eigenvalue weighted by Gasteiger charge is 2.11. The number of halogens is 2. The van der Waals surface area contributed by atoms with E-state index in [1.807, 2.05) is 24.3 Å². The van der Waals surface area contributed by atoms with Crippen LogP contribution in [0.3, 0.4) is 0 Å². The van der Waals surface area contributed by atoms with Gasteiger partial charge < -0.3 is 10.2 Å². The number of thioether (sulfide) groups is 1. The largest absolute Gasteiger partial charge is 0.372 e. The van der Waals surface area contributed by atoms with Crippen molar-refractivity contribution in [3.8, 4) is 5.69 Å². The number of carbonyl (C=O) groups is 1. The molecule has 0 saturated heterocycles. The van der Waals surface area contributed by atoms with Gasteiger partial charge in [0.2, 0.25) is 5.91 Å². The smallest absolute Gasteiger partial charge is 0.234 e. The number of nitrogens with zero attached hydrogens (tertiary/aromatic N) is 3. The molecular weight excluding hydrogens is 479 g/mol. The van der Waals surface area contributed by atoms with Crippen LogP contribution < -0.4 is 10.2 Å². The molecule has 1 N–H and O–H groups in total. The van der Waals surface area contributed by atoms with Gasteiger partial charge >= 0.3 is 0 Å². The monoisotopic (exact) mass is 498 g/mol. The Morgan fingerprint density at radius 3 is 2.50 bits per heavy atom. The number of benzene rings is 2. The van der Waals surface area contributed by atoms with Crippen LogP contribution in [0, 0.1) is 3.95 Å². The zero-order chi connectivity index (χ0) is 21.7. The number of amides is 1. The molecule has 2 aromatic carbocycles. The van der Waals surface area contributed by atoms with Gasteiger partial charge in [0.15, 0.2) is 8.29 Å². The van der Waals surface area contributed by atoms with E-state index < -0.39 is 0 Å². The van der Waals surface area contributed by atoms with Crippen LogP contribution in [-0.2, 0) is 4.79 Å². The van der Waals surface area contributed by atoms with E-state index >= 15 is 0 Å². The molecule has 3 rings (SSSR count). The highest BCUT2D eigenvalue weighted by molar-refractivity contribution is 8.01.